The summed E-state index contributed by atoms with van der Waals surface area (Å²) in [5.74, 6) is -0.162. The van der Waals surface area contributed by atoms with Gasteiger partial charge < -0.3 is 21.4 Å². The largest absolute Gasteiger partial charge is 0.409 e. The van der Waals surface area contributed by atoms with Gasteiger partial charge in [-0.3, -0.25) is 0 Å². The second kappa shape index (κ2) is 7.81. The smallest absolute Gasteiger partial charge is 0.170 e. The van der Waals surface area contributed by atoms with E-state index in [1.807, 2.05) is 13.8 Å². The number of amidine groups is 1. The lowest BCUT2D eigenvalue weighted by molar-refractivity contribution is 0.146. The van der Waals surface area contributed by atoms with Gasteiger partial charge in [-0.15, -0.1) is 0 Å². The van der Waals surface area contributed by atoms with Crippen molar-refractivity contribution in [2.75, 3.05) is 6.54 Å². The topological polar surface area (TPSA) is 90.9 Å². The molecule has 0 saturated carbocycles. The summed E-state index contributed by atoms with van der Waals surface area (Å²) in [5, 5.41) is 24.4. The van der Waals surface area contributed by atoms with Crippen LogP contribution in [0.4, 0.5) is 4.39 Å². The van der Waals surface area contributed by atoms with E-state index < -0.39 is 11.9 Å². The molecular formula is C14H22FN3O2. The van der Waals surface area contributed by atoms with Crippen LogP contribution in [0.25, 0.3) is 0 Å². The van der Waals surface area contributed by atoms with Crippen LogP contribution in [0, 0.1) is 11.7 Å². The van der Waals surface area contributed by atoms with Gasteiger partial charge in [0.15, 0.2) is 5.84 Å². The molecule has 112 valence electrons. The molecule has 1 aromatic carbocycles. The third kappa shape index (κ3) is 5.14. The molecule has 0 radical (unpaired) electrons. The highest BCUT2D eigenvalue weighted by molar-refractivity contribution is 5.98. The molecule has 5 N–H and O–H groups in total. The Morgan fingerprint density at radius 1 is 1.45 bits per heavy atom. The molecule has 0 aliphatic carbocycles. The van der Waals surface area contributed by atoms with Gasteiger partial charge >= 0.3 is 0 Å². The van der Waals surface area contributed by atoms with Crippen LogP contribution in [0.1, 0.15) is 31.4 Å². The molecule has 0 fully saturated rings. The van der Waals surface area contributed by atoms with Crippen LogP contribution in [-0.2, 0) is 6.54 Å². The van der Waals surface area contributed by atoms with Crippen LogP contribution >= 0.6 is 0 Å². The number of aliphatic hydroxyl groups is 1. The summed E-state index contributed by atoms with van der Waals surface area (Å²) in [6.07, 6.45) is 0.284. The van der Waals surface area contributed by atoms with E-state index in [-0.39, 0.29) is 5.84 Å². The highest BCUT2D eigenvalue weighted by atomic mass is 19.1. The van der Waals surface area contributed by atoms with Crippen LogP contribution in [0.5, 0.6) is 0 Å². The van der Waals surface area contributed by atoms with Gasteiger partial charge in [0.1, 0.15) is 5.82 Å². The molecule has 5 nitrogen and oxygen atoms in total. The van der Waals surface area contributed by atoms with Crippen molar-refractivity contribution in [1.82, 2.24) is 5.32 Å². The number of hydrogen-bond donors (Lipinski definition) is 4. The Kier molecular flexibility index (Phi) is 6.41. The first-order valence-electron chi connectivity index (χ1n) is 6.59. The first kappa shape index (κ1) is 16.4. The Morgan fingerprint density at radius 2 is 2.15 bits per heavy atom. The summed E-state index contributed by atoms with van der Waals surface area (Å²) in [6, 6.07) is 4.11. The van der Waals surface area contributed by atoms with E-state index in [1.54, 1.807) is 6.07 Å². The van der Waals surface area contributed by atoms with Crippen LogP contribution in [0.15, 0.2) is 23.4 Å². The lowest BCUT2D eigenvalue weighted by Gasteiger charge is -2.15. The van der Waals surface area contributed by atoms with E-state index in [9.17, 15) is 9.50 Å². The number of halogens is 1. The van der Waals surface area contributed by atoms with Gasteiger partial charge in [-0.25, -0.2) is 4.39 Å². The van der Waals surface area contributed by atoms with E-state index in [2.05, 4.69) is 10.5 Å². The standard InChI is InChI=1S/C14H22FN3O2/c1-9(2)5-12(19)8-17-7-10-3-4-11(15)6-13(10)14(16)18-20/h3-4,6,9,12,17,19-20H,5,7-8H2,1-2H3,(H2,16,18). The summed E-state index contributed by atoms with van der Waals surface area (Å²) in [6.45, 7) is 4.92. The Morgan fingerprint density at radius 3 is 2.75 bits per heavy atom. The molecule has 1 aromatic rings. The number of aliphatic hydroxyl groups excluding tert-OH is 1. The molecule has 0 aliphatic rings. The molecule has 1 rings (SSSR count). The number of rotatable bonds is 7. The van der Waals surface area contributed by atoms with Gasteiger partial charge in [-0.2, -0.15) is 0 Å². The fourth-order valence-corrected chi connectivity index (χ4v) is 2.00. The number of oxime groups is 1. The van der Waals surface area contributed by atoms with Crippen LogP contribution in [-0.4, -0.2) is 28.8 Å². The normalized spacial score (nSPS) is 13.8. The van der Waals surface area contributed by atoms with Crippen LogP contribution < -0.4 is 11.1 Å². The second-order valence-electron chi connectivity index (χ2n) is 5.20. The minimum atomic E-state index is -0.449. The average molecular weight is 283 g/mol. The Balaban J connectivity index is 2.64. The van der Waals surface area contributed by atoms with E-state index in [1.165, 1.54) is 12.1 Å². The van der Waals surface area contributed by atoms with E-state index in [0.717, 1.165) is 0 Å². The maximum atomic E-state index is 13.2. The first-order chi connectivity index (χ1) is 9.43. The third-order valence-corrected chi connectivity index (χ3v) is 2.89. The molecule has 0 aliphatic heterocycles. The zero-order valence-corrected chi connectivity index (χ0v) is 11.8. The summed E-state index contributed by atoms with van der Waals surface area (Å²) in [7, 11) is 0. The first-order valence-corrected chi connectivity index (χ1v) is 6.59. The van der Waals surface area contributed by atoms with Crippen molar-refractivity contribution >= 4 is 5.84 Å². The van der Waals surface area contributed by atoms with Gasteiger partial charge in [0.2, 0.25) is 0 Å². The molecule has 1 unspecified atom stereocenters. The molecular weight excluding hydrogens is 261 g/mol. The number of nitrogens with zero attached hydrogens (tertiary/aromatic N) is 1. The summed E-state index contributed by atoms with van der Waals surface area (Å²) < 4.78 is 13.2. The van der Waals surface area contributed by atoms with Crippen molar-refractivity contribution in [1.29, 1.82) is 0 Å². The third-order valence-electron chi connectivity index (χ3n) is 2.89. The van der Waals surface area contributed by atoms with Crippen molar-refractivity contribution in [3.8, 4) is 0 Å². The lowest BCUT2D eigenvalue weighted by atomic mass is 10.0. The number of hydrogen-bond acceptors (Lipinski definition) is 4. The fraction of sp³-hybridized carbons (Fsp3) is 0.500. The van der Waals surface area contributed by atoms with Gasteiger partial charge in [0.25, 0.3) is 0 Å². The van der Waals surface area contributed by atoms with Gasteiger partial charge in [-0.05, 0) is 30.0 Å². The maximum Gasteiger partial charge on any atom is 0.170 e. The second-order valence-corrected chi connectivity index (χ2v) is 5.20. The van der Waals surface area contributed by atoms with Crippen LogP contribution in [0.2, 0.25) is 0 Å². The zero-order chi connectivity index (χ0) is 15.1. The highest BCUT2D eigenvalue weighted by Crippen LogP contribution is 2.11. The van der Waals surface area contributed by atoms with Crippen LogP contribution in [0.3, 0.4) is 0 Å². The predicted octanol–water partition coefficient (Wildman–Crippen LogP) is 1.42. The highest BCUT2D eigenvalue weighted by Gasteiger charge is 2.10. The van der Waals surface area contributed by atoms with Gasteiger partial charge in [-0.1, -0.05) is 25.1 Å². The molecule has 0 heterocycles. The Labute approximate surface area is 118 Å². The minimum Gasteiger partial charge on any atom is -0.409 e. The quantitative estimate of drug-likeness (QED) is 0.264. The van der Waals surface area contributed by atoms with E-state index >= 15 is 0 Å². The molecule has 20 heavy (non-hydrogen) atoms. The summed E-state index contributed by atoms with van der Waals surface area (Å²) in [4.78, 5) is 0. The van der Waals surface area contributed by atoms with Crippen molar-refractivity contribution in [3.63, 3.8) is 0 Å². The fourth-order valence-electron chi connectivity index (χ4n) is 2.00. The molecule has 1 atom stereocenters. The lowest BCUT2D eigenvalue weighted by Crippen LogP contribution is -2.28. The molecule has 0 saturated heterocycles. The summed E-state index contributed by atoms with van der Waals surface area (Å²) >= 11 is 0. The predicted molar refractivity (Wildman–Crippen MR) is 76.1 cm³/mol. The molecule has 0 bridgehead atoms. The van der Waals surface area contributed by atoms with E-state index in [4.69, 9.17) is 10.9 Å². The summed E-state index contributed by atoms with van der Waals surface area (Å²) in [5.41, 5.74) is 6.57. The van der Waals surface area contributed by atoms with Crippen molar-refractivity contribution in [2.24, 2.45) is 16.8 Å². The zero-order valence-electron chi connectivity index (χ0n) is 11.8. The SMILES string of the molecule is CC(C)CC(O)CNCc1ccc(F)cc1/C(N)=N/O. The average Bonchev–Trinajstić information content (AvgIpc) is 2.38. The van der Waals surface area contributed by atoms with E-state index in [0.29, 0.717) is 36.6 Å². The number of nitrogens with two attached hydrogens (primary N) is 1. The molecule has 0 spiro atoms. The minimum absolute atomic E-state index is 0.135. The Bertz CT molecular complexity index is 464. The molecule has 0 amide bonds. The monoisotopic (exact) mass is 283 g/mol. The van der Waals surface area contributed by atoms with Gasteiger partial charge in [0.05, 0.1) is 6.10 Å². The Hall–Kier alpha value is -1.66. The van der Waals surface area contributed by atoms with Gasteiger partial charge in [0, 0.05) is 18.7 Å². The van der Waals surface area contributed by atoms with Crippen molar-refractivity contribution < 1.29 is 14.7 Å². The molecule has 6 heteroatoms. The van der Waals surface area contributed by atoms with Crippen molar-refractivity contribution in [2.45, 2.75) is 32.9 Å². The maximum absolute atomic E-state index is 13.2. The number of benzene rings is 1. The number of nitrogens with one attached hydrogen (secondary N) is 1. The van der Waals surface area contributed by atoms with Crippen molar-refractivity contribution in [3.05, 3.63) is 35.1 Å². The molecule has 0 aromatic heterocycles.